The Kier molecular flexibility index (Phi) is 7.42. The maximum Gasteiger partial charge on any atom is 0.271 e. The van der Waals surface area contributed by atoms with E-state index in [2.05, 4.69) is 0 Å². The lowest BCUT2D eigenvalue weighted by molar-refractivity contribution is -0.113. The Bertz CT molecular complexity index is 1440. The summed E-state index contributed by atoms with van der Waals surface area (Å²) in [7, 11) is 0. The van der Waals surface area contributed by atoms with Crippen LogP contribution >= 0.6 is 35.0 Å². The number of benzene rings is 4. The first kappa shape index (κ1) is 24.2. The molecule has 0 aliphatic carbocycles. The first-order valence-electron chi connectivity index (χ1n) is 11.2. The van der Waals surface area contributed by atoms with Gasteiger partial charge in [0.05, 0.1) is 21.3 Å². The lowest BCUT2D eigenvalue weighted by Crippen LogP contribution is -2.28. The first-order chi connectivity index (χ1) is 17.6. The average Bonchev–Trinajstić information content (AvgIpc) is 3.19. The van der Waals surface area contributed by atoms with Gasteiger partial charge in [-0.1, -0.05) is 77.8 Å². The molecule has 0 bridgehead atoms. The van der Waals surface area contributed by atoms with Crippen LogP contribution in [0.25, 0.3) is 6.08 Å². The molecule has 1 aliphatic heterocycles. The summed E-state index contributed by atoms with van der Waals surface area (Å²) in [5.41, 5.74) is 3.32. The van der Waals surface area contributed by atoms with Gasteiger partial charge in [-0.3, -0.25) is 9.69 Å². The predicted octanol–water partition coefficient (Wildman–Crippen LogP) is 8.38. The van der Waals surface area contributed by atoms with E-state index < -0.39 is 0 Å². The highest BCUT2D eigenvalue weighted by molar-refractivity contribution is 8.19. The fraction of sp³-hybridized carbons (Fsp3) is 0.0345. The van der Waals surface area contributed by atoms with Gasteiger partial charge in [0.15, 0.2) is 5.17 Å². The number of carbonyl (C=O) groups is 1. The highest BCUT2D eigenvalue weighted by Crippen LogP contribution is 2.38. The first-order valence-corrected chi connectivity index (χ1v) is 12.7. The van der Waals surface area contributed by atoms with E-state index in [9.17, 15) is 4.79 Å². The Morgan fingerprint density at radius 3 is 2.25 bits per heavy atom. The van der Waals surface area contributed by atoms with Crippen molar-refractivity contribution < 1.29 is 9.53 Å². The minimum Gasteiger partial charge on any atom is -0.487 e. The van der Waals surface area contributed by atoms with Gasteiger partial charge in [-0.15, -0.1) is 0 Å². The van der Waals surface area contributed by atoms with Crippen LogP contribution < -0.4 is 9.64 Å². The van der Waals surface area contributed by atoms with E-state index in [0.29, 0.717) is 32.5 Å². The largest absolute Gasteiger partial charge is 0.487 e. The van der Waals surface area contributed by atoms with Gasteiger partial charge in [0.1, 0.15) is 12.4 Å². The van der Waals surface area contributed by atoms with Crippen LogP contribution in [0.3, 0.4) is 0 Å². The molecule has 0 radical (unpaired) electrons. The number of carbonyl (C=O) groups excluding carboxylic acids is 1. The summed E-state index contributed by atoms with van der Waals surface area (Å²) in [6.45, 7) is 0.372. The van der Waals surface area contributed by atoms with Crippen LogP contribution in [-0.2, 0) is 11.4 Å². The van der Waals surface area contributed by atoms with E-state index in [-0.39, 0.29) is 5.91 Å². The quantitative estimate of drug-likeness (QED) is 0.235. The highest BCUT2D eigenvalue weighted by atomic mass is 35.5. The number of para-hydroxylation sites is 2. The summed E-state index contributed by atoms with van der Waals surface area (Å²) in [5.74, 6) is 0.427. The molecule has 1 aliphatic rings. The van der Waals surface area contributed by atoms with Gasteiger partial charge in [-0.25, -0.2) is 4.99 Å². The van der Waals surface area contributed by atoms with Crippen LogP contribution in [0.15, 0.2) is 113 Å². The lowest BCUT2D eigenvalue weighted by atomic mass is 10.2. The Morgan fingerprint density at radius 1 is 0.861 bits per heavy atom. The molecule has 4 nitrogen and oxygen atoms in total. The lowest BCUT2D eigenvalue weighted by Gasteiger charge is -2.15. The summed E-state index contributed by atoms with van der Waals surface area (Å²) in [6.07, 6.45) is 1.82. The van der Waals surface area contributed by atoms with Gasteiger partial charge >= 0.3 is 0 Å². The van der Waals surface area contributed by atoms with Crippen LogP contribution in [0.5, 0.6) is 5.75 Å². The summed E-state index contributed by atoms with van der Waals surface area (Å²) in [6, 6.07) is 32.0. The predicted molar refractivity (Wildman–Crippen MR) is 150 cm³/mol. The summed E-state index contributed by atoms with van der Waals surface area (Å²) in [4.78, 5) is 20.4. The maximum absolute atomic E-state index is 13.4. The van der Waals surface area contributed by atoms with E-state index in [0.717, 1.165) is 22.5 Å². The zero-order valence-corrected chi connectivity index (χ0v) is 21.3. The van der Waals surface area contributed by atoms with Crippen LogP contribution in [0.1, 0.15) is 11.1 Å². The molecule has 0 unspecified atom stereocenters. The molecule has 36 heavy (non-hydrogen) atoms. The van der Waals surface area contributed by atoms with E-state index in [4.69, 9.17) is 32.9 Å². The van der Waals surface area contributed by atoms with Crippen molar-refractivity contribution in [1.82, 2.24) is 0 Å². The molecular weight excluding hydrogens is 511 g/mol. The molecule has 4 aromatic rings. The van der Waals surface area contributed by atoms with Gasteiger partial charge in [0, 0.05) is 5.02 Å². The summed E-state index contributed by atoms with van der Waals surface area (Å²) >= 11 is 13.8. The molecule has 0 spiro atoms. The monoisotopic (exact) mass is 530 g/mol. The zero-order chi connectivity index (χ0) is 24.9. The second-order valence-electron chi connectivity index (χ2n) is 7.92. The van der Waals surface area contributed by atoms with Crippen LogP contribution in [0.2, 0.25) is 10.0 Å². The number of nitrogens with zero attached hydrogens (tertiary/aromatic N) is 2. The Labute approximate surface area is 223 Å². The number of hydrogen-bond donors (Lipinski definition) is 0. The minimum absolute atomic E-state index is 0.139. The van der Waals surface area contributed by atoms with Crippen LogP contribution in [0, 0.1) is 0 Å². The molecule has 1 fully saturated rings. The molecule has 7 heteroatoms. The molecule has 1 heterocycles. The maximum atomic E-state index is 13.4. The van der Waals surface area contributed by atoms with Crippen molar-refractivity contribution in [3.63, 3.8) is 0 Å². The van der Waals surface area contributed by atoms with Crippen molar-refractivity contribution in [1.29, 1.82) is 0 Å². The van der Waals surface area contributed by atoms with Crippen molar-refractivity contribution >= 4 is 63.5 Å². The zero-order valence-electron chi connectivity index (χ0n) is 19.0. The standard InChI is InChI=1S/C29H20Cl2N2O2S/c30-22-14-11-20(12-15-22)19-35-26-16-13-21(17-25(26)31)18-27-28(34)33(24-9-5-2-6-10-24)29(36-27)32-23-7-3-1-4-8-23/h1-18H,19H2/b27-18+,32-29?. The number of thioether (sulfide) groups is 1. The van der Waals surface area contributed by atoms with Gasteiger partial charge in [-0.2, -0.15) is 0 Å². The van der Waals surface area contributed by atoms with Crippen molar-refractivity contribution in [2.24, 2.45) is 4.99 Å². The Morgan fingerprint density at radius 2 is 1.56 bits per heavy atom. The number of aliphatic imine (C=N–C) groups is 1. The molecule has 0 atom stereocenters. The van der Waals surface area contributed by atoms with E-state index in [1.165, 1.54) is 11.8 Å². The van der Waals surface area contributed by atoms with E-state index in [1.54, 1.807) is 11.0 Å². The average molecular weight is 531 g/mol. The van der Waals surface area contributed by atoms with Crippen molar-refractivity contribution in [2.45, 2.75) is 6.61 Å². The number of halogens is 2. The molecule has 0 saturated carbocycles. The SMILES string of the molecule is O=C1/C(=C\c2ccc(OCc3ccc(Cl)cc3)c(Cl)c2)SC(=Nc2ccccc2)N1c1ccccc1. The molecular formula is C29H20Cl2N2O2S. The highest BCUT2D eigenvalue weighted by Gasteiger charge is 2.34. The van der Waals surface area contributed by atoms with Gasteiger partial charge in [0.25, 0.3) is 5.91 Å². The van der Waals surface area contributed by atoms with Gasteiger partial charge in [-0.05, 0) is 77.5 Å². The summed E-state index contributed by atoms with van der Waals surface area (Å²) in [5, 5.41) is 1.74. The Balaban J connectivity index is 1.39. The molecule has 5 rings (SSSR count). The third-order valence-electron chi connectivity index (χ3n) is 5.36. The second kappa shape index (κ2) is 11.0. The number of ether oxygens (including phenoxy) is 1. The van der Waals surface area contributed by atoms with Gasteiger partial charge in [0.2, 0.25) is 0 Å². The fourth-order valence-corrected chi connectivity index (χ4v) is 4.95. The summed E-state index contributed by atoms with van der Waals surface area (Å²) < 4.78 is 5.87. The van der Waals surface area contributed by atoms with Crippen molar-refractivity contribution in [2.75, 3.05) is 4.90 Å². The minimum atomic E-state index is -0.139. The molecule has 178 valence electrons. The molecule has 0 N–H and O–H groups in total. The fourth-order valence-electron chi connectivity index (χ4n) is 3.58. The number of anilines is 1. The smallest absolute Gasteiger partial charge is 0.271 e. The van der Waals surface area contributed by atoms with E-state index >= 15 is 0 Å². The second-order valence-corrected chi connectivity index (χ2v) is 9.77. The topological polar surface area (TPSA) is 41.9 Å². The van der Waals surface area contributed by atoms with Crippen molar-refractivity contribution in [3.8, 4) is 5.75 Å². The van der Waals surface area contributed by atoms with Crippen LogP contribution in [-0.4, -0.2) is 11.1 Å². The van der Waals surface area contributed by atoms with Gasteiger partial charge < -0.3 is 4.74 Å². The number of hydrogen-bond acceptors (Lipinski definition) is 4. The Hall–Kier alpha value is -3.51. The third-order valence-corrected chi connectivity index (χ3v) is 6.88. The number of amides is 1. The normalized spacial score (nSPS) is 15.6. The molecule has 0 aromatic heterocycles. The molecule has 1 saturated heterocycles. The van der Waals surface area contributed by atoms with E-state index in [1.807, 2.05) is 103 Å². The third kappa shape index (κ3) is 5.65. The number of rotatable bonds is 6. The number of amidine groups is 1. The molecule has 1 amide bonds. The van der Waals surface area contributed by atoms with Crippen molar-refractivity contribution in [3.05, 3.63) is 129 Å². The van der Waals surface area contributed by atoms with Crippen LogP contribution in [0.4, 0.5) is 11.4 Å². The molecule has 4 aromatic carbocycles.